The third-order valence-corrected chi connectivity index (χ3v) is 3.35. The van der Waals surface area contributed by atoms with E-state index in [9.17, 15) is 0 Å². The summed E-state index contributed by atoms with van der Waals surface area (Å²) in [7, 11) is 0. The van der Waals surface area contributed by atoms with Gasteiger partial charge in [-0.3, -0.25) is 0 Å². The Bertz CT molecular complexity index is 685. The summed E-state index contributed by atoms with van der Waals surface area (Å²) in [5.74, 6) is 0. The van der Waals surface area contributed by atoms with E-state index < -0.39 is 0 Å². The Hall–Kier alpha value is -2.56. The molecule has 1 aromatic carbocycles. The smallest absolute Gasteiger partial charge is 0.0236 e. The van der Waals surface area contributed by atoms with E-state index in [1.165, 1.54) is 11.1 Å². The average Bonchev–Trinajstić information content (AvgIpc) is 2.50. The van der Waals surface area contributed by atoms with E-state index in [0.717, 1.165) is 23.1 Å². The first-order valence-electron chi connectivity index (χ1n) is 7.09. The number of rotatable bonds is 4. The Morgan fingerprint density at radius 2 is 1.95 bits per heavy atom. The fraction of sp³-hybridized carbons (Fsp3) is 0.0952. The van der Waals surface area contributed by atoms with Crippen LogP contribution in [0.15, 0.2) is 102 Å². The van der Waals surface area contributed by atoms with Gasteiger partial charge in [-0.1, -0.05) is 73.4 Å². The summed E-state index contributed by atoms with van der Waals surface area (Å²) in [6.07, 6.45) is 13.0. The van der Waals surface area contributed by atoms with E-state index in [1.807, 2.05) is 24.3 Å². The molecule has 1 aliphatic rings. The molecule has 0 aromatic heterocycles. The fourth-order valence-corrected chi connectivity index (χ4v) is 2.23. The number of allylic oxidation sites excluding steroid dienone is 9. The number of hydrogen-bond acceptors (Lipinski definition) is 0. The second kappa shape index (κ2) is 7.28. The number of benzene rings is 1. The largest absolute Gasteiger partial charge is 0.112 e. The number of hydrogen-bond donors (Lipinski definition) is 0. The van der Waals surface area contributed by atoms with Crippen LogP contribution in [-0.4, -0.2) is 0 Å². The Labute approximate surface area is 127 Å². The summed E-state index contributed by atoms with van der Waals surface area (Å²) >= 11 is 0. The van der Waals surface area contributed by atoms with Crippen LogP contribution in [0.3, 0.4) is 0 Å². The van der Waals surface area contributed by atoms with Crippen LogP contribution in [0.4, 0.5) is 0 Å². The van der Waals surface area contributed by atoms with Gasteiger partial charge in [-0.25, -0.2) is 0 Å². The molecule has 0 spiro atoms. The summed E-state index contributed by atoms with van der Waals surface area (Å²) in [5.41, 5.74) is 9.22. The van der Waals surface area contributed by atoms with Gasteiger partial charge in [-0.05, 0) is 42.2 Å². The summed E-state index contributed by atoms with van der Waals surface area (Å²) in [6.45, 7) is 9.79. The highest BCUT2D eigenvalue weighted by Crippen LogP contribution is 2.23. The highest BCUT2D eigenvalue weighted by atomic mass is 14.1. The monoisotopic (exact) mass is 272 g/mol. The molecule has 0 atom stereocenters. The van der Waals surface area contributed by atoms with Crippen molar-refractivity contribution in [3.8, 4) is 0 Å². The first-order valence-corrected chi connectivity index (χ1v) is 7.09. The summed E-state index contributed by atoms with van der Waals surface area (Å²) in [4.78, 5) is 0. The lowest BCUT2D eigenvalue weighted by molar-refractivity contribution is 1.19. The van der Waals surface area contributed by atoms with Gasteiger partial charge in [0.1, 0.15) is 0 Å². The van der Waals surface area contributed by atoms with Crippen molar-refractivity contribution in [3.63, 3.8) is 0 Å². The average molecular weight is 272 g/mol. The minimum atomic E-state index is 0.923. The first-order chi connectivity index (χ1) is 10.2. The molecule has 104 valence electrons. The van der Waals surface area contributed by atoms with Crippen LogP contribution in [0.5, 0.6) is 0 Å². The maximum Gasteiger partial charge on any atom is 0.0236 e. The van der Waals surface area contributed by atoms with Crippen LogP contribution < -0.4 is 0 Å². The fourth-order valence-electron chi connectivity index (χ4n) is 2.23. The van der Waals surface area contributed by atoms with E-state index in [-0.39, 0.29) is 0 Å². The van der Waals surface area contributed by atoms with Crippen LogP contribution in [0.2, 0.25) is 0 Å². The quantitative estimate of drug-likeness (QED) is 0.480. The van der Waals surface area contributed by atoms with Crippen molar-refractivity contribution in [2.75, 3.05) is 0 Å². The molecule has 2 rings (SSSR count). The second-order valence-electron chi connectivity index (χ2n) is 4.98. The molecule has 0 saturated carbocycles. The van der Waals surface area contributed by atoms with E-state index >= 15 is 0 Å². The van der Waals surface area contributed by atoms with Crippen molar-refractivity contribution in [1.82, 2.24) is 0 Å². The topological polar surface area (TPSA) is 0 Å². The Balaban J connectivity index is 2.51. The van der Waals surface area contributed by atoms with Gasteiger partial charge < -0.3 is 0 Å². The van der Waals surface area contributed by atoms with Crippen molar-refractivity contribution in [3.05, 3.63) is 108 Å². The van der Waals surface area contributed by atoms with Gasteiger partial charge in [0.15, 0.2) is 0 Å². The predicted molar refractivity (Wildman–Crippen MR) is 92.9 cm³/mol. The Kier molecular flexibility index (Phi) is 5.15. The van der Waals surface area contributed by atoms with Crippen molar-refractivity contribution in [2.24, 2.45) is 0 Å². The maximum absolute atomic E-state index is 3.88. The SMILES string of the molecule is C=C/C=C(C=C)/C1=C/C/C(C)=C\C(c2ccccc2)=C=C1. The van der Waals surface area contributed by atoms with E-state index in [0.29, 0.717) is 0 Å². The molecule has 0 bridgehead atoms. The van der Waals surface area contributed by atoms with E-state index in [1.54, 1.807) is 6.08 Å². The molecule has 0 heteroatoms. The molecule has 0 heterocycles. The second-order valence-corrected chi connectivity index (χ2v) is 4.98. The lowest BCUT2D eigenvalue weighted by atomic mass is 9.97. The molecule has 0 amide bonds. The predicted octanol–water partition coefficient (Wildman–Crippen LogP) is 5.80. The van der Waals surface area contributed by atoms with Crippen LogP contribution >= 0.6 is 0 Å². The van der Waals surface area contributed by atoms with Gasteiger partial charge >= 0.3 is 0 Å². The summed E-state index contributed by atoms with van der Waals surface area (Å²) in [5, 5.41) is 0. The zero-order valence-corrected chi connectivity index (χ0v) is 12.5. The van der Waals surface area contributed by atoms with E-state index in [2.05, 4.69) is 62.2 Å². The van der Waals surface area contributed by atoms with Crippen molar-refractivity contribution in [2.45, 2.75) is 13.3 Å². The molecule has 21 heavy (non-hydrogen) atoms. The maximum atomic E-state index is 3.88. The zero-order valence-electron chi connectivity index (χ0n) is 12.5. The Morgan fingerprint density at radius 3 is 2.62 bits per heavy atom. The summed E-state index contributed by atoms with van der Waals surface area (Å²) < 4.78 is 0. The highest BCUT2D eigenvalue weighted by molar-refractivity contribution is 5.75. The van der Waals surface area contributed by atoms with Crippen molar-refractivity contribution >= 4 is 5.57 Å². The van der Waals surface area contributed by atoms with Crippen LogP contribution in [-0.2, 0) is 0 Å². The molecule has 0 aliphatic heterocycles. The minimum Gasteiger partial charge on any atom is -0.112 e. The normalized spacial score (nSPS) is 20.2. The van der Waals surface area contributed by atoms with Gasteiger partial charge in [0, 0.05) is 5.57 Å². The molecular weight excluding hydrogens is 252 g/mol. The molecule has 0 saturated heterocycles. The molecule has 0 fully saturated rings. The Morgan fingerprint density at radius 1 is 1.19 bits per heavy atom. The molecule has 0 radical (unpaired) electrons. The molecular formula is C21H20. The van der Waals surface area contributed by atoms with Gasteiger partial charge in [0.05, 0.1) is 0 Å². The van der Waals surface area contributed by atoms with Gasteiger partial charge in [0.2, 0.25) is 0 Å². The summed E-state index contributed by atoms with van der Waals surface area (Å²) in [6, 6.07) is 10.4. The van der Waals surface area contributed by atoms with Crippen LogP contribution in [0.25, 0.3) is 5.57 Å². The lowest BCUT2D eigenvalue weighted by Gasteiger charge is -2.08. The molecule has 0 unspecified atom stereocenters. The molecule has 0 N–H and O–H groups in total. The first kappa shape index (κ1) is 14.8. The standard InChI is InChI=1S/C21H20/c1-4-9-18(5-2)20-13-12-17(3)16-21(15-14-20)19-10-7-6-8-11-19/h4-11,13-14,16H,1-2,12H2,3H3/b17-16-,18-9+,20-13+. The third kappa shape index (κ3) is 3.95. The van der Waals surface area contributed by atoms with Crippen molar-refractivity contribution < 1.29 is 0 Å². The van der Waals surface area contributed by atoms with Crippen LogP contribution in [0, 0.1) is 0 Å². The van der Waals surface area contributed by atoms with Gasteiger partial charge in [0.25, 0.3) is 0 Å². The lowest BCUT2D eigenvalue weighted by Crippen LogP contribution is -1.88. The third-order valence-electron chi connectivity index (χ3n) is 3.35. The molecule has 1 aliphatic carbocycles. The molecule has 1 aromatic rings. The zero-order chi connectivity index (χ0) is 15.1. The van der Waals surface area contributed by atoms with Gasteiger partial charge in [-0.15, -0.1) is 5.73 Å². The molecule has 0 nitrogen and oxygen atoms in total. The van der Waals surface area contributed by atoms with Crippen molar-refractivity contribution in [1.29, 1.82) is 0 Å². The minimum absolute atomic E-state index is 0.923. The van der Waals surface area contributed by atoms with Gasteiger partial charge in [-0.2, -0.15) is 0 Å². The van der Waals surface area contributed by atoms with Crippen LogP contribution in [0.1, 0.15) is 18.9 Å². The van der Waals surface area contributed by atoms with E-state index in [4.69, 9.17) is 0 Å². The highest BCUT2D eigenvalue weighted by Gasteiger charge is 2.03.